The normalized spacial score (nSPS) is 15.5. The average Bonchev–Trinajstić information content (AvgIpc) is 2.20. The molecule has 1 aliphatic heterocycles. The van der Waals surface area contributed by atoms with E-state index in [1.807, 2.05) is 7.05 Å². The Hall–Kier alpha value is -1.49. The van der Waals surface area contributed by atoms with Crippen LogP contribution in [0.25, 0.3) is 0 Å². The van der Waals surface area contributed by atoms with Crippen LogP contribution in [0, 0.1) is 0 Å². The quantitative estimate of drug-likeness (QED) is 0.491. The largest absolute Gasteiger partial charge is 0.315 e. The highest BCUT2D eigenvalue weighted by Crippen LogP contribution is 2.12. The first-order valence-corrected chi connectivity index (χ1v) is 4.43. The zero-order valence-electron chi connectivity index (χ0n) is 8.21. The zero-order valence-corrected chi connectivity index (χ0v) is 8.21. The van der Waals surface area contributed by atoms with Crippen LogP contribution in [0.2, 0.25) is 0 Å². The van der Waals surface area contributed by atoms with Crippen LogP contribution in [0.3, 0.4) is 0 Å². The lowest BCUT2D eigenvalue weighted by molar-refractivity contribution is -0.117. The molecule has 0 aromatic carbocycles. The summed E-state index contributed by atoms with van der Waals surface area (Å²) in [4.78, 5) is 15.4. The van der Waals surface area contributed by atoms with Crippen molar-refractivity contribution in [2.75, 3.05) is 13.6 Å². The van der Waals surface area contributed by atoms with E-state index >= 15 is 0 Å². The van der Waals surface area contributed by atoms with Gasteiger partial charge in [0.05, 0.1) is 0 Å². The van der Waals surface area contributed by atoms with Gasteiger partial charge in [0.15, 0.2) is 0 Å². The fraction of sp³-hybridized carbons (Fsp3) is 0.444. The molecular formula is C9H14N4O. The van der Waals surface area contributed by atoms with Crippen LogP contribution in [0.15, 0.2) is 21.9 Å². The van der Waals surface area contributed by atoms with E-state index in [1.165, 1.54) is 0 Å². The highest BCUT2D eigenvalue weighted by atomic mass is 16.2. The topological polar surface area (TPSA) is 65.8 Å². The van der Waals surface area contributed by atoms with E-state index < -0.39 is 0 Å². The molecule has 0 radical (unpaired) electrons. The van der Waals surface area contributed by atoms with E-state index in [-0.39, 0.29) is 5.91 Å². The Bertz CT molecular complexity index is 293. The summed E-state index contributed by atoms with van der Waals surface area (Å²) >= 11 is 0. The second-order valence-corrected chi connectivity index (χ2v) is 2.98. The molecule has 76 valence electrons. The molecule has 5 heteroatoms. The Morgan fingerprint density at radius 3 is 3.00 bits per heavy atom. The van der Waals surface area contributed by atoms with Gasteiger partial charge in [-0.05, 0) is 19.9 Å². The Morgan fingerprint density at radius 2 is 2.50 bits per heavy atom. The number of carbonyl (C=O) groups excluding carboxylic acids is 1. The van der Waals surface area contributed by atoms with Crippen molar-refractivity contribution in [1.29, 1.82) is 0 Å². The fourth-order valence-electron chi connectivity index (χ4n) is 1.23. The van der Waals surface area contributed by atoms with E-state index in [4.69, 9.17) is 0 Å². The number of amides is 1. The summed E-state index contributed by atoms with van der Waals surface area (Å²) in [5, 5.41) is 6.33. The van der Waals surface area contributed by atoms with Gasteiger partial charge in [0.1, 0.15) is 0 Å². The van der Waals surface area contributed by atoms with Crippen molar-refractivity contribution in [1.82, 2.24) is 10.7 Å². The van der Waals surface area contributed by atoms with Crippen LogP contribution < -0.4 is 10.7 Å². The van der Waals surface area contributed by atoms with Crippen molar-refractivity contribution in [3.63, 3.8) is 0 Å². The van der Waals surface area contributed by atoms with E-state index in [1.54, 1.807) is 6.20 Å². The van der Waals surface area contributed by atoms with Crippen molar-refractivity contribution < 1.29 is 4.79 Å². The Labute approximate surface area is 83.0 Å². The molecule has 0 fully saturated rings. The van der Waals surface area contributed by atoms with E-state index in [2.05, 4.69) is 27.6 Å². The Morgan fingerprint density at radius 1 is 1.71 bits per heavy atom. The van der Waals surface area contributed by atoms with Gasteiger partial charge in [-0.2, -0.15) is 5.10 Å². The lowest BCUT2D eigenvalue weighted by atomic mass is 10.1. The molecule has 0 saturated carbocycles. The van der Waals surface area contributed by atoms with Gasteiger partial charge in [-0.1, -0.05) is 0 Å². The summed E-state index contributed by atoms with van der Waals surface area (Å²) in [5.74, 6) is -0.216. The summed E-state index contributed by atoms with van der Waals surface area (Å²) in [6, 6.07) is 0. The Kier molecular flexibility index (Phi) is 4.00. The first-order chi connectivity index (χ1) is 6.77. The molecule has 1 heterocycles. The number of hydrazone groups is 1. The second kappa shape index (κ2) is 5.29. The number of carbonyl (C=O) groups is 1. The average molecular weight is 194 g/mol. The molecule has 2 N–H and O–H groups in total. The molecular weight excluding hydrogens is 180 g/mol. The van der Waals surface area contributed by atoms with Crippen LogP contribution >= 0.6 is 0 Å². The maximum atomic E-state index is 11.3. The highest BCUT2D eigenvalue weighted by molar-refractivity contribution is 5.97. The molecule has 1 rings (SSSR count). The van der Waals surface area contributed by atoms with Crippen LogP contribution in [-0.4, -0.2) is 31.9 Å². The van der Waals surface area contributed by atoms with Crippen molar-refractivity contribution in [3.05, 3.63) is 11.8 Å². The van der Waals surface area contributed by atoms with Crippen LogP contribution in [0.4, 0.5) is 0 Å². The number of nitrogens with zero attached hydrogens (tertiary/aromatic N) is 2. The molecule has 0 aromatic heterocycles. The predicted octanol–water partition coefficient (Wildman–Crippen LogP) is 0.0563. The number of hydrogen-bond acceptors (Lipinski definition) is 4. The minimum atomic E-state index is -0.216. The van der Waals surface area contributed by atoms with Crippen LogP contribution in [0.1, 0.15) is 12.8 Å². The minimum Gasteiger partial charge on any atom is -0.315 e. The van der Waals surface area contributed by atoms with Gasteiger partial charge in [0.2, 0.25) is 0 Å². The second-order valence-electron chi connectivity index (χ2n) is 2.98. The van der Waals surface area contributed by atoms with Crippen molar-refractivity contribution in [3.8, 4) is 0 Å². The SMILES string of the molecule is C=NNC(=O)C1=CN=C(CNC)CC1. The van der Waals surface area contributed by atoms with Gasteiger partial charge in [0.25, 0.3) is 5.91 Å². The molecule has 0 atom stereocenters. The van der Waals surface area contributed by atoms with Gasteiger partial charge < -0.3 is 5.32 Å². The summed E-state index contributed by atoms with van der Waals surface area (Å²) in [7, 11) is 1.87. The molecule has 0 saturated heterocycles. The predicted molar refractivity (Wildman–Crippen MR) is 56.4 cm³/mol. The molecule has 1 amide bonds. The maximum Gasteiger partial charge on any atom is 0.268 e. The van der Waals surface area contributed by atoms with E-state index in [9.17, 15) is 4.79 Å². The smallest absolute Gasteiger partial charge is 0.268 e. The number of rotatable bonds is 4. The van der Waals surface area contributed by atoms with Gasteiger partial charge in [-0.15, -0.1) is 0 Å². The summed E-state index contributed by atoms with van der Waals surface area (Å²) < 4.78 is 0. The summed E-state index contributed by atoms with van der Waals surface area (Å²) in [6.45, 7) is 3.95. The summed E-state index contributed by atoms with van der Waals surface area (Å²) in [6.07, 6.45) is 3.12. The molecule has 0 bridgehead atoms. The van der Waals surface area contributed by atoms with Gasteiger partial charge in [-0.25, -0.2) is 5.43 Å². The molecule has 5 nitrogen and oxygen atoms in total. The molecule has 0 aliphatic carbocycles. The van der Waals surface area contributed by atoms with Crippen molar-refractivity contribution in [2.24, 2.45) is 10.1 Å². The first kappa shape index (κ1) is 10.6. The minimum absolute atomic E-state index is 0.216. The highest BCUT2D eigenvalue weighted by Gasteiger charge is 2.13. The fourth-order valence-corrected chi connectivity index (χ4v) is 1.23. The molecule has 14 heavy (non-hydrogen) atoms. The third-order valence-corrected chi connectivity index (χ3v) is 1.94. The molecule has 0 unspecified atom stereocenters. The van der Waals surface area contributed by atoms with E-state index in [0.717, 1.165) is 18.7 Å². The van der Waals surface area contributed by atoms with Crippen molar-refractivity contribution in [2.45, 2.75) is 12.8 Å². The molecule has 1 aliphatic rings. The van der Waals surface area contributed by atoms with Gasteiger partial charge >= 0.3 is 0 Å². The van der Waals surface area contributed by atoms with E-state index in [0.29, 0.717) is 12.0 Å². The van der Waals surface area contributed by atoms with Crippen molar-refractivity contribution >= 4 is 18.3 Å². The number of nitrogens with one attached hydrogen (secondary N) is 2. The lowest BCUT2D eigenvalue weighted by Crippen LogP contribution is -2.24. The number of hydrogen-bond donors (Lipinski definition) is 2. The third-order valence-electron chi connectivity index (χ3n) is 1.94. The standard InChI is InChI=1S/C9H14N4O/c1-10-6-8-4-3-7(5-12-8)9(14)13-11-2/h5,10H,2-4,6H2,1H3,(H,13,14). The zero-order chi connectivity index (χ0) is 10.4. The molecule has 0 spiro atoms. The summed E-state index contributed by atoms with van der Waals surface area (Å²) in [5.41, 5.74) is 4.00. The van der Waals surface area contributed by atoms with Gasteiger partial charge in [-0.3, -0.25) is 9.79 Å². The van der Waals surface area contributed by atoms with Crippen LogP contribution in [0.5, 0.6) is 0 Å². The number of aliphatic imine (C=N–C) groups is 1. The lowest BCUT2D eigenvalue weighted by Gasteiger charge is -2.11. The van der Waals surface area contributed by atoms with Crippen LogP contribution in [-0.2, 0) is 4.79 Å². The molecule has 0 aromatic rings. The Balaban J connectivity index is 2.58. The first-order valence-electron chi connectivity index (χ1n) is 4.43. The maximum absolute atomic E-state index is 11.3. The third kappa shape index (κ3) is 2.77. The monoisotopic (exact) mass is 194 g/mol. The van der Waals surface area contributed by atoms with Gasteiger partial charge in [0, 0.05) is 30.7 Å².